The van der Waals surface area contributed by atoms with E-state index in [0.29, 0.717) is 29.5 Å². The van der Waals surface area contributed by atoms with E-state index in [9.17, 15) is 0 Å². The fourth-order valence-corrected chi connectivity index (χ4v) is 5.06. The number of rotatable bonds is 9. The monoisotopic (exact) mass is 332 g/mol. The van der Waals surface area contributed by atoms with E-state index in [1.165, 1.54) is 12.8 Å². The maximum absolute atomic E-state index is 5.91. The van der Waals surface area contributed by atoms with Crippen LogP contribution in [-0.2, 0) is 18.9 Å². The maximum atomic E-state index is 5.91. The van der Waals surface area contributed by atoms with Crippen LogP contribution in [-0.4, -0.2) is 51.8 Å². The number of fused-ring (bicyclic) bond motifs is 1. The third-order valence-corrected chi connectivity index (χ3v) is 6.55. The van der Waals surface area contributed by atoms with Crippen LogP contribution in [0.3, 0.4) is 0 Å². The van der Waals surface area contributed by atoms with Crippen molar-refractivity contribution in [3.05, 3.63) is 23.3 Å². The number of allylic oxidation sites excluding steroid dienone is 2. The highest BCUT2D eigenvalue weighted by molar-refractivity contribution is 5.47. The van der Waals surface area contributed by atoms with Crippen molar-refractivity contribution in [3.63, 3.8) is 0 Å². The molecule has 0 aromatic rings. The Bertz CT molecular complexity index is 560. The molecule has 3 aliphatic carbocycles. The third-order valence-electron chi connectivity index (χ3n) is 6.55. The average molecular weight is 332 g/mol. The Hall–Kier alpha value is -0.680. The highest BCUT2D eigenvalue weighted by Gasteiger charge is 2.65. The van der Waals surface area contributed by atoms with Crippen LogP contribution in [0.5, 0.6) is 0 Å². The summed E-state index contributed by atoms with van der Waals surface area (Å²) < 4.78 is 22.1. The third kappa shape index (κ3) is 2.88. The fraction of sp³-hybridized carbons (Fsp3) is 0.800. The zero-order valence-electron chi connectivity index (χ0n) is 14.5. The molecule has 0 aromatic heterocycles. The van der Waals surface area contributed by atoms with Gasteiger partial charge in [-0.2, -0.15) is 0 Å². The van der Waals surface area contributed by atoms with E-state index in [0.717, 1.165) is 52.0 Å². The molecular formula is C20H28O4. The largest absolute Gasteiger partial charge is 0.378 e. The Balaban J connectivity index is 1.16. The molecule has 6 unspecified atom stereocenters. The topological polar surface area (TPSA) is 43.5 Å². The first kappa shape index (κ1) is 15.6. The molecule has 2 bridgehead atoms. The zero-order valence-corrected chi connectivity index (χ0v) is 14.5. The molecule has 2 aliphatic heterocycles. The predicted octanol–water partition coefficient (Wildman–Crippen LogP) is 2.74. The van der Waals surface area contributed by atoms with Crippen molar-refractivity contribution in [1.82, 2.24) is 0 Å². The molecule has 6 atom stereocenters. The SMILES string of the molecule is CC1C=C(CCOCC2CO2)CC2C=C3C(COCC4CO4)C31C2. The van der Waals surface area contributed by atoms with Gasteiger partial charge in [-0.1, -0.05) is 30.2 Å². The molecule has 4 heteroatoms. The summed E-state index contributed by atoms with van der Waals surface area (Å²) >= 11 is 0. The lowest BCUT2D eigenvalue weighted by atomic mass is 9.84. The van der Waals surface area contributed by atoms with Crippen molar-refractivity contribution < 1.29 is 18.9 Å². The quantitative estimate of drug-likeness (QED) is 0.370. The summed E-state index contributed by atoms with van der Waals surface area (Å²) in [7, 11) is 0. The molecule has 5 rings (SSSR count). The second-order valence-corrected chi connectivity index (χ2v) is 8.27. The summed E-state index contributed by atoms with van der Waals surface area (Å²) in [5, 5.41) is 0. The van der Waals surface area contributed by atoms with E-state index < -0.39 is 0 Å². The molecule has 1 spiro atoms. The van der Waals surface area contributed by atoms with E-state index in [-0.39, 0.29) is 0 Å². The molecule has 0 aromatic carbocycles. The van der Waals surface area contributed by atoms with Gasteiger partial charge in [0.15, 0.2) is 0 Å². The molecule has 1 saturated carbocycles. The first-order valence-electron chi connectivity index (χ1n) is 9.56. The average Bonchev–Trinajstić information content (AvgIpc) is 3.44. The molecule has 0 N–H and O–H groups in total. The maximum Gasteiger partial charge on any atom is 0.104 e. The predicted molar refractivity (Wildman–Crippen MR) is 89.7 cm³/mol. The summed E-state index contributed by atoms with van der Waals surface area (Å²) in [4.78, 5) is 0. The molecule has 4 nitrogen and oxygen atoms in total. The molecule has 132 valence electrons. The van der Waals surface area contributed by atoms with Gasteiger partial charge in [0.2, 0.25) is 0 Å². The van der Waals surface area contributed by atoms with Crippen LogP contribution in [0.1, 0.15) is 26.2 Å². The standard InChI is InChI=1S/C20H28O4/c1-13-4-14(2-3-21-8-16-10-23-16)5-15-6-18-19(20(13,18)7-15)12-22-9-17-11-24-17/h4,6,13,15-17,19H,2-3,5,7-12H2,1H3. The molecular weight excluding hydrogens is 304 g/mol. The lowest BCUT2D eigenvalue weighted by molar-refractivity contribution is 0.0927. The van der Waals surface area contributed by atoms with Crippen molar-refractivity contribution in [2.75, 3.05) is 39.6 Å². The summed E-state index contributed by atoms with van der Waals surface area (Å²) in [6.45, 7) is 7.45. The lowest BCUT2D eigenvalue weighted by Crippen LogP contribution is -2.17. The molecule has 24 heavy (non-hydrogen) atoms. The number of ether oxygens (including phenoxy) is 4. The van der Waals surface area contributed by atoms with Crippen molar-refractivity contribution in [3.8, 4) is 0 Å². The molecule has 3 fully saturated rings. The Morgan fingerprint density at radius 2 is 1.83 bits per heavy atom. The Morgan fingerprint density at radius 1 is 1.08 bits per heavy atom. The summed E-state index contributed by atoms with van der Waals surface area (Å²) in [5.41, 5.74) is 3.70. The van der Waals surface area contributed by atoms with Gasteiger partial charge in [-0.3, -0.25) is 0 Å². The Kier molecular flexibility index (Phi) is 3.85. The van der Waals surface area contributed by atoms with Gasteiger partial charge in [0.05, 0.1) is 39.6 Å². The van der Waals surface area contributed by atoms with E-state index >= 15 is 0 Å². The van der Waals surface area contributed by atoms with Crippen molar-refractivity contribution in [2.24, 2.45) is 23.2 Å². The molecule has 2 heterocycles. The van der Waals surface area contributed by atoms with Crippen LogP contribution in [0.2, 0.25) is 0 Å². The second kappa shape index (κ2) is 5.94. The van der Waals surface area contributed by atoms with Crippen LogP contribution in [0.15, 0.2) is 23.3 Å². The van der Waals surface area contributed by atoms with E-state index in [1.807, 2.05) is 0 Å². The van der Waals surface area contributed by atoms with Crippen LogP contribution < -0.4 is 0 Å². The van der Waals surface area contributed by atoms with Gasteiger partial charge in [0.25, 0.3) is 0 Å². The van der Waals surface area contributed by atoms with E-state index in [2.05, 4.69) is 19.1 Å². The number of hydrogen-bond acceptors (Lipinski definition) is 4. The van der Waals surface area contributed by atoms with Crippen molar-refractivity contribution in [1.29, 1.82) is 0 Å². The van der Waals surface area contributed by atoms with Gasteiger partial charge in [0, 0.05) is 11.3 Å². The van der Waals surface area contributed by atoms with Crippen LogP contribution in [0.4, 0.5) is 0 Å². The van der Waals surface area contributed by atoms with Gasteiger partial charge in [-0.05, 0) is 31.1 Å². The first-order valence-corrected chi connectivity index (χ1v) is 9.56. The lowest BCUT2D eigenvalue weighted by Gasteiger charge is -2.20. The summed E-state index contributed by atoms with van der Waals surface area (Å²) in [6, 6.07) is 0. The van der Waals surface area contributed by atoms with Gasteiger partial charge in [-0.15, -0.1) is 0 Å². The second-order valence-electron chi connectivity index (χ2n) is 8.27. The highest BCUT2D eigenvalue weighted by Crippen LogP contribution is 2.72. The molecule has 0 radical (unpaired) electrons. The smallest absolute Gasteiger partial charge is 0.104 e. The molecule has 2 saturated heterocycles. The number of hydrogen-bond donors (Lipinski definition) is 0. The first-order chi connectivity index (χ1) is 11.8. The van der Waals surface area contributed by atoms with Crippen molar-refractivity contribution in [2.45, 2.75) is 38.4 Å². The van der Waals surface area contributed by atoms with Gasteiger partial charge in [0.1, 0.15) is 12.2 Å². The fourth-order valence-electron chi connectivity index (χ4n) is 5.06. The van der Waals surface area contributed by atoms with Crippen LogP contribution >= 0.6 is 0 Å². The zero-order chi connectivity index (χ0) is 16.1. The highest BCUT2D eigenvalue weighted by atomic mass is 16.6. The molecule has 0 amide bonds. The minimum absolute atomic E-state index is 0.376. The Morgan fingerprint density at radius 3 is 2.58 bits per heavy atom. The summed E-state index contributed by atoms with van der Waals surface area (Å²) in [5.74, 6) is 2.02. The minimum Gasteiger partial charge on any atom is -0.378 e. The van der Waals surface area contributed by atoms with Crippen LogP contribution in [0, 0.1) is 23.2 Å². The number of epoxide rings is 2. The normalized spacial score (nSPS) is 44.5. The minimum atomic E-state index is 0.376. The molecule has 5 aliphatic rings. The van der Waals surface area contributed by atoms with E-state index in [4.69, 9.17) is 18.9 Å². The summed E-state index contributed by atoms with van der Waals surface area (Å²) in [6.07, 6.45) is 9.50. The van der Waals surface area contributed by atoms with Crippen LogP contribution in [0.25, 0.3) is 0 Å². The van der Waals surface area contributed by atoms with Crippen molar-refractivity contribution >= 4 is 0 Å². The van der Waals surface area contributed by atoms with Gasteiger partial charge >= 0.3 is 0 Å². The Labute approximate surface area is 144 Å². The van der Waals surface area contributed by atoms with Gasteiger partial charge < -0.3 is 18.9 Å². The van der Waals surface area contributed by atoms with E-state index in [1.54, 1.807) is 11.1 Å². The van der Waals surface area contributed by atoms with Gasteiger partial charge in [-0.25, -0.2) is 0 Å².